The van der Waals surface area contributed by atoms with Gasteiger partial charge in [-0.3, -0.25) is 0 Å². The van der Waals surface area contributed by atoms with Gasteiger partial charge in [0.25, 0.3) is 0 Å². The molecule has 0 aliphatic carbocycles. The highest BCUT2D eigenvalue weighted by molar-refractivity contribution is 8.21. The van der Waals surface area contributed by atoms with Crippen LogP contribution in [0.4, 0.5) is 0 Å². The van der Waals surface area contributed by atoms with E-state index in [1.807, 2.05) is 18.4 Å². The molecule has 0 saturated heterocycles. The van der Waals surface area contributed by atoms with Crippen LogP contribution in [0.15, 0.2) is 21.9 Å². The molecular weight excluding hydrogens is 240 g/mol. The standard InChI is InChI=1S/C9H11ClO2S2/c1-11-7-4-6(13-3)5-8(12-2)9(7)14-10/h4-5H,1-3H3. The number of thioether (sulfide) groups is 1. The summed E-state index contributed by atoms with van der Waals surface area (Å²) in [4.78, 5) is 1.91. The van der Waals surface area contributed by atoms with Crippen LogP contribution in [-0.2, 0) is 0 Å². The maximum absolute atomic E-state index is 5.74. The summed E-state index contributed by atoms with van der Waals surface area (Å²) >= 11 is 1.63. The molecule has 78 valence electrons. The third kappa shape index (κ3) is 2.43. The summed E-state index contributed by atoms with van der Waals surface area (Å²) in [6.07, 6.45) is 2.00. The van der Waals surface area contributed by atoms with Gasteiger partial charge in [0.2, 0.25) is 0 Å². The van der Waals surface area contributed by atoms with Gasteiger partial charge in [-0.05, 0) is 40.0 Å². The molecule has 0 N–H and O–H groups in total. The van der Waals surface area contributed by atoms with Crippen LogP contribution in [0, 0.1) is 0 Å². The van der Waals surface area contributed by atoms with E-state index in [1.165, 1.54) is 0 Å². The van der Waals surface area contributed by atoms with Crippen molar-refractivity contribution in [2.45, 2.75) is 9.79 Å². The molecule has 1 aromatic carbocycles. The van der Waals surface area contributed by atoms with Crippen LogP contribution >= 0.6 is 33.4 Å². The van der Waals surface area contributed by atoms with Gasteiger partial charge in [0, 0.05) is 4.90 Å². The van der Waals surface area contributed by atoms with Gasteiger partial charge in [-0.15, -0.1) is 11.8 Å². The van der Waals surface area contributed by atoms with E-state index in [1.54, 1.807) is 26.0 Å². The van der Waals surface area contributed by atoms with Crippen LogP contribution in [0.3, 0.4) is 0 Å². The van der Waals surface area contributed by atoms with Crippen molar-refractivity contribution in [2.24, 2.45) is 0 Å². The van der Waals surface area contributed by atoms with Gasteiger partial charge in [-0.2, -0.15) is 0 Å². The van der Waals surface area contributed by atoms with Crippen LogP contribution in [0.25, 0.3) is 0 Å². The summed E-state index contributed by atoms with van der Waals surface area (Å²) in [6.45, 7) is 0. The van der Waals surface area contributed by atoms with Crippen molar-refractivity contribution in [1.29, 1.82) is 0 Å². The SMILES string of the molecule is COc1cc(SC)cc(OC)c1SCl. The van der Waals surface area contributed by atoms with Crippen LogP contribution in [0.5, 0.6) is 11.5 Å². The Bertz CT molecular complexity index is 293. The lowest BCUT2D eigenvalue weighted by Gasteiger charge is -2.11. The summed E-state index contributed by atoms with van der Waals surface area (Å²) in [7, 11) is 10.1. The Balaban J connectivity index is 3.24. The number of rotatable bonds is 4. The fourth-order valence-electron chi connectivity index (χ4n) is 1.05. The van der Waals surface area contributed by atoms with Gasteiger partial charge in [-0.1, -0.05) is 0 Å². The molecule has 2 nitrogen and oxygen atoms in total. The molecule has 1 rings (SSSR count). The van der Waals surface area contributed by atoms with E-state index in [0.717, 1.165) is 32.3 Å². The number of ether oxygens (including phenoxy) is 2. The quantitative estimate of drug-likeness (QED) is 0.759. The number of methoxy groups -OCH3 is 2. The summed E-state index contributed by atoms with van der Waals surface area (Å²) in [5.41, 5.74) is 0. The van der Waals surface area contributed by atoms with Gasteiger partial charge < -0.3 is 9.47 Å². The van der Waals surface area contributed by atoms with E-state index >= 15 is 0 Å². The van der Waals surface area contributed by atoms with Gasteiger partial charge in [0.05, 0.1) is 14.2 Å². The van der Waals surface area contributed by atoms with Gasteiger partial charge in [0.15, 0.2) is 0 Å². The smallest absolute Gasteiger partial charge is 0.138 e. The van der Waals surface area contributed by atoms with Crippen molar-refractivity contribution in [2.75, 3.05) is 20.5 Å². The first-order chi connectivity index (χ1) is 6.76. The van der Waals surface area contributed by atoms with Crippen molar-refractivity contribution in [1.82, 2.24) is 0 Å². The number of halogens is 1. The second-order valence-corrected chi connectivity index (χ2v) is 4.34. The highest BCUT2D eigenvalue weighted by Gasteiger charge is 2.11. The summed E-state index contributed by atoms with van der Waals surface area (Å²) in [5.74, 6) is 1.49. The Morgan fingerprint density at radius 1 is 1.14 bits per heavy atom. The molecule has 0 spiro atoms. The Kier molecular flexibility index (Phi) is 4.78. The van der Waals surface area contributed by atoms with Crippen molar-refractivity contribution in [3.8, 4) is 11.5 Å². The molecule has 0 amide bonds. The minimum absolute atomic E-state index is 0.744. The van der Waals surface area contributed by atoms with E-state index in [2.05, 4.69) is 0 Å². The predicted octanol–water partition coefficient (Wildman–Crippen LogP) is 3.67. The highest BCUT2D eigenvalue weighted by atomic mass is 35.7. The first-order valence-corrected chi connectivity index (χ1v) is 6.72. The van der Waals surface area contributed by atoms with Gasteiger partial charge >= 0.3 is 0 Å². The molecule has 0 radical (unpaired) electrons. The predicted molar refractivity (Wildman–Crippen MR) is 63.0 cm³/mol. The van der Waals surface area contributed by atoms with Crippen molar-refractivity contribution in [3.05, 3.63) is 12.1 Å². The molecule has 0 unspecified atom stereocenters. The summed E-state index contributed by atoms with van der Waals surface area (Å²) < 4.78 is 10.4. The second kappa shape index (κ2) is 5.63. The van der Waals surface area contributed by atoms with Crippen LogP contribution < -0.4 is 9.47 Å². The van der Waals surface area contributed by atoms with E-state index in [4.69, 9.17) is 20.2 Å². The highest BCUT2D eigenvalue weighted by Crippen LogP contribution is 2.42. The van der Waals surface area contributed by atoms with Gasteiger partial charge in [-0.25, -0.2) is 0 Å². The molecule has 0 heterocycles. The number of hydrogen-bond acceptors (Lipinski definition) is 4. The van der Waals surface area contributed by atoms with Crippen molar-refractivity contribution >= 4 is 33.4 Å². The zero-order chi connectivity index (χ0) is 10.6. The Labute approximate surface area is 96.8 Å². The second-order valence-electron chi connectivity index (χ2n) is 2.44. The normalized spacial score (nSPS) is 10.0. The van der Waals surface area contributed by atoms with Crippen molar-refractivity contribution in [3.63, 3.8) is 0 Å². The largest absolute Gasteiger partial charge is 0.495 e. The van der Waals surface area contributed by atoms with Crippen LogP contribution in [-0.4, -0.2) is 20.5 Å². The lowest BCUT2D eigenvalue weighted by Crippen LogP contribution is -1.91. The molecule has 5 heteroatoms. The molecule has 0 bridgehead atoms. The molecule has 0 aliphatic heterocycles. The van der Waals surface area contributed by atoms with Gasteiger partial charge in [0.1, 0.15) is 16.4 Å². The molecular formula is C9H11ClO2S2. The van der Waals surface area contributed by atoms with E-state index in [0.29, 0.717) is 0 Å². The summed E-state index contributed by atoms with van der Waals surface area (Å²) in [6, 6.07) is 3.88. The third-order valence-electron chi connectivity index (χ3n) is 1.75. The minimum Gasteiger partial charge on any atom is -0.495 e. The van der Waals surface area contributed by atoms with Crippen LogP contribution in [0.1, 0.15) is 0 Å². The fraction of sp³-hybridized carbons (Fsp3) is 0.333. The third-order valence-corrected chi connectivity index (χ3v) is 3.47. The zero-order valence-electron chi connectivity index (χ0n) is 8.17. The lowest BCUT2D eigenvalue weighted by molar-refractivity contribution is 0.374. The molecule has 0 aliphatic rings. The average Bonchev–Trinajstić information content (AvgIpc) is 2.26. The average molecular weight is 251 g/mol. The monoisotopic (exact) mass is 250 g/mol. The molecule has 0 fully saturated rings. The van der Waals surface area contributed by atoms with E-state index < -0.39 is 0 Å². The maximum Gasteiger partial charge on any atom is 0.138 e. The van der Waals surface area contributed by atoms with Crippen LogP contribution in [0.2, 0.25) is 0 Å². The molecule has 0 saturated carbocycles. The molecule has 0 aromatic heterocycles. The van der Waals surface area contributed by atoms with Crippen molar-refractivity contribution < 1.29 is 9.47 Å². The Morgan fingerprint density at radius 2 is 1.64 bits per heavy atom. The Morgan fingerprint density at radius 3 is 1.93 bits per heavy atom. The molecule has 14 heavy (non-hydrogen) atoms. The molecule has 1 aromatic rings. The number of benzene rings is 1. The Hall–Kier alpha value is -0.190. The topological polar surface area (TPSA) is 18.5 Å². The first kappa shape index (κ1) is 11.9. The summed E-state index contributed by atoms with van der Waals surface area (Å²) in [5, 5.41) is 0. The minimum atomic E-state index is 0.744. The van der Waals surface area contributed by atoms with E-state index in [-0.39, 0.29) is 0 Å². The van der Waals surface area contributed by atoms with E-state index in [9.17, 15) is 0 Å². The lowest BCUT2D eigenvalue weighted by atomic mass is 10.3. The fourth-order valence-corrected chi connectivity index (χ4v) is 2.39. The zero-order valence-corrected chi connectivity index (χ0v) is 10.6. The molecule has 0 atom stereocenters. The maximum atomic E-state index is 5.74. The number of hydrogen-bond donors (Lipinski definition) is 0. The first-order valence-electron chi connectivity index (χ1n) is 3.85.